The fraction of sp³-hybridized carbons (Fsp3) is 0.0500. The predicted octanol–water partition coefficient (Wildman–Crippen LogP) is 1.64. The second-order valence-electron chi connectivity index (χ2n) is 6.24. The zero-order valence-corrected chi connectivity index (χ0v) is 15.0. The number of carbonyl (C=O) groups excluding carboxylic acids is 2. The van der Waals surface area contributed by atoms with E-state index in [0.717, 1.165) is 10.5 Å². The molecule has 0 saturated carbocycles. The Kier molecular flexibility index (Phi) is 4.62. The largest absolute Gasteiger partial charge is 0.480 e. The van der Waals surface area contributed by atoms with Crippen LogP contribution in [0.5, 0.6) is 0 Å². The molecule has 1 aliphatic rings. The fourth-order valence-corrected chi connectivity index (χ4v) is 3.02. The summed E-state index contributed by atoms with van der Waals surface area (Å²) in [5.74, 6) is -2.32. The lowest BCUT2D eigenvalue weighted by atomic mass is 10.1. The minimum Gasteiger partial charge on any atom is -0.480 e. The monoisotopic (exact) mass is 389 g/mol. The number of nitrogens with one attached hydrogen (secondary N) is 2. The van der Waals surface area contributed by atoms with Crippen molar-refractivity contribution in [3.8, 4) is 11.3 Å². The molecule has 1 aromatic heterocycles. The molecule has 9 heteroatoms. The number of nitrogens with zero attached hydrogens (tertiary/aromatic N) is 3. The van der Waals surface area contributed by atoms with Crippen LogP contribution in [0.2, 0.25) is 0 Å². The first-order chi connectivity index (χ1) is 14.0. The molecule has 0 radical (unpaired) electrons. The van der Waals surface area contributed by atoms with Gasteiger partial charge >= 0.3 is 5.97 Å². The molecule has 9 nitrogen and oxygen atoms in total. The third kappa shape index (κ3) is 3.48. The van der Waals surface area contributed by atoms with Crippen LogP contribution in [-0.4, -0.2) is 45.3 Å². The quantitative estimate of drug-likeness (QED) is 0.572. The number of para-hydroxylation sites is 1. The number of hydrogen-bond acceptors (Lipinski definition) is 5. The van der Waals surface area contributed by atoms with Gasteiger partial charge in [0.2, 0.25) is 0 Å². The Labute approximate surface area is 164 Å². The second-order valence-corrected chi connectivity index (χ2v) is 6.24. The maximum Gasteiger partial charge on any atom is 0.323 e. The van der Waals surface area contributed by atoms with Crippen molar-refractivity contribution in [1.29, 1.82) is 0 Å². The number of aromatic nitrogens is 2. The van der Waals surface area contributed by atoms with Crippen molar-refractivity contribution in [3.05, 3.63) is 71.9 Å². The summed E-state index contributed by atoms with van der Waals surface area (Å²) in [5.41, 5.74) is 4.80. The van der Waals surface area contributed by atoms with Crippen LogP contribution in [0, 0.1) is 0 Å². The average Bonchev–Trinajstić information content (AvgIpc) is 3.32. The molecule has 0 unspecified atom stereocenters. The average molecular weight is 389 g/mol. The molecule has 2 aromatic carbocycles. The topological polar surface area (TPSA) is 128 Å². The van der Waals surface area contributed by atoms with Crippen molar-refractivity contribution in [3.63, 3.8) is 0 Å². The number of hydrogen-bond donors (Lipinski definition) is 3. The van der Waals surface area contributed by atoms with E-state index in [9.17, 15) is 14.4 Å². The molecule has 0 atom stereocenters. The van der Waals surface area contributed by atoms with Crippen molar-refractivity contribution in [1.82, 2.24) is 15.6 Å². The van der Waals surface area contributed by atoms with Crippen molar-refractivity contribution in [2.45, 2.75) is 0 Å². The van der Waals surface area contributed by atoms with E-state index in [0.29, 0.717) is 16.9 Å². The van der Waals surface area contributed by atoms with E-state index in [2.05, 4.69) is 20.7 Å². The van der Waals surface area contributed by atoms with Crippen LogP contribution in [-0.2, 0) is 9.59 Å². The van der Waals surface area contributed by atoms with Crippen LogP contribution in [0.15, 0.2) is 65.8 Å². The molecular formula is C20H15N5O4. The molecule has 29 heavy (non-hydrogen) atoms. The van der Waals surface area contributed by atoms with Crippen LogP contribution >= 0.6 is 0 Å². The summed E-state index contributed by atoms with van der Waals surface area (Å²) in [6.45, 7) is -0.496. The Morgan fingerprint density at radius 1 is 1.10 bits per heavy atom. The molecule has 0 bridgehead atoms. The third-order valence-electron chi connectivity index (χ3n) is 4.35. The Bertz CT molecular complexity index is 1140. The van der Waals surface area contributed by atoms with Gasteiger partial charge in [-0.05, 0) is 12.1 Å². The smallest absolute Gasteiger partial charge is 0.323 e. The molecule has 2 heterocycles. The Morgan fingerprint density at radius 2 is 1.83 bits per heavy atom. The van der Waals surface area contributed by atoms with E-state index in [4.69, 9.17) is 5.11 Å². The molecule has 0 saturated heterocycles. The molecule has 3 aromatic rings. The zero-order valence-electron chi connectivity index (χ0n) is 15.0. The van der Waals surface area contributed by atoms with Gasteiger partial charge in [-0.1, -0.05) is 48.5 Å². The lowest BCUT2D eigenvalue weighted by Gasteiger charge is -2.13. The Hall–Kier alpha value is -4.27. The minimum absolute atomic E-state index is 0.0296. The number of benzene rings is 2. The van der Waals surface area contributed by atoms with Crippen molar-refractivity contribution in [2.75, 3.05) is 11.4 Å². The maximum atomic E-state index is 12.6. The first kappa shape index (κ1) is 18.1. The van der Waals surface area contributed by atoms with Gasteiger partial charge in [-0.3, -0.25) is 24.4 Å². The maximum absolute atomic E-state index is 12.6. The van der Waals surface area contributed by atoms with Crippen molar-refractivity contribution in [2.24, 2.45) is 5.10 Å². The molecule has 4 rings (SSSR count). The summed E-state index contributed by atoms with van der Waals surface area (Å²) in [4.78, 5) is 37.2. The highest BCUT2D eigenvalue weighted by Gasteiger charge is 2.35. The van der Waals surface area contributed by atoms with Crippen molar-refractivity contribution < 1.29 is 19.5 Å². The lowest BCUT2D eigenvalue weighted by molar-refractivity contribution is -0.136. The zero-order chi connectivity index (χ0) is 20.4. The number of hydrazone groups is 1. The molecule has 0 spiro atoms. The summed E-state index contributed by atoms with van der Waals surface area (Å²) in [6.07, 6.45) is 0. The molecule has 1 aliphatic heterocycles. The van der Waals surface area contributed by atoms with E-state index in [1.165, 1.54) is 0 Å². The molecular weight excluding hydrogens is 374 g/mol. The number of fused-ring (bicyclic) bond motifs is 1. The Balaban J connectivity index is 1.56. The number of carbonyl (C=O) groups is 3. The van der Waals surface area contributed by atoms with Gasteiger partial charge in [0.25, 0.3) is 11.8 Å². The number of anilines is 1. The SMILES string of the molecule is O=C(O)CN1C(=O)C(=NNC(=O)c2cc(-c3ccccc3)n[nH]2)c2ccccc21. The summed E-state index contributed by atoms with van der Waals surface area (Å²) in [7, 11) is 0. The molecule has 3 N–H and O–H groups in total. The number of rotatable bonds is 5. The van der Waals surface area contributed by atoms with E-state index < -0.39 is 24.3 Å². The summed E-state index contributed by atoms with van der Waals surface area (Å²) in [6, 6.07) is 17.6. The summed E-state index contributed by atoms with van der Waals surface area (Å²) in [5, 5.41) is 19.7. The highest BCUT2D eigenvalue weighted by Crippen LogP contribution is 2.28. The number of aliphatic carboxylic acids is 1. The fourth-order valence-electron chi connectivity index (χ4n) is 3.02. The highest BCUT2D eigenvalue weighted by atomic mass is 16.4. The number of carboxylic acid groups (broad SMARTS) is 1. The van der Waals surface area contributed by atoms with Crippen LogP contribution in [0.1, 0.15) is 16.1 Å². The summed E-state index contributed by atoms with van der Waals surface area (Å²) < 4.78 is 0. The van der Waals surface area contributed by atoms with E-state index in [1.54, 1.807) is 30.3 Å². The van der Waals surface area contributed by atoms with Crippen LogP contribution in [0.25, 0.3) is 11.3 Å². The van der Waals surface area contributed by atoms with Crippen LogP contribution in [0.3, 0.4) is 0 Å². The van der Waals surface area contributed by atoms with E-state index >= 15 is 0 Å². The van der Waals surface area contributed by atoms with Crippen molar-refractivity contribution >= 4 is 29.2 Å². The normalized spacial score (nSPS) is 14.1. The second kappa shape index (κ2) is 7.39. The van der Waals surface area contributed by atoms with Gasteiger partial charge in [0, 0.05) is 11.1 Å². The van der Waals surface area contributed by atoms with Gasteiger partial charge in [-0.25, -0.2) is 5.43 Å². The van der Waals surface area contributed by atoms with Gasteiger partial charge in [-0.2, -0.15) is 10.2 Å². The third-order valence-corrected chi connectivity index (χ3v) is 4.35. The molecule has 2 amide bonds. The molecule has 0 fully saturated rings. The number of aromatic amines is 1. The van der Waals surface area contributed by atoms with Gasteiger partial charge in [0.15, 0.2) is 5.71 Å². The summed E-state index contributed by atoms with van der Waals surface area (Å²) >= 11 is 0. The van der Waals surface area contributed by atoms with Gasteiger partial charge in [0.05, 0.1) is 11.4 Å². The van der Waals surface area contributed by atoms with E-state index in [-0.39, 0.29) is 11.4 Å². The first-order valence-corrected chi connectivity index (χ1v) is 8.66. The Morgan fingerprint density at radius 3 is 2.59 bits per heavy atom. The lowest BCUT2D eigenvalue weighted by Crippen LogP contribution is -2.35. The van der Waals surface area contributed by atoms with Gasteiger partial charge in [0.1, 0.15) is 12.2 Å². The standard InChI is InChI=1S/C20H15N5O4/c26-17(27)11-25-16-9-5-4-8-13(16)18(20(25)29)23-24-19(28)15-10-14(21-22-15)12-6-2-1-3-7-12/h1-10H,11H2,(H,21,22)(H,24,28)(H,26,27). The van der Waals surface area contributed by atoms with Crippen LogP contribution < -0.4 is 10.3 Å². The first-order valence-electron chi connectivity index (χ1n) is 8.66. The van der Waals surface area contributed by atoms with E-state index in [1.807, 2.05) is 30.3 Å². The van der Waals surface area contributed by atoms with Gasteiger partial charge < -0.3 is 5.11 Å². The number of H-pyrrole nitrogens is 1. The number of amides is 2. The molecule has 0 aliphatic carbocycles. The van der Waals surface area contributed by atoms with Crippen LogP contribution in [0.4, 0.5) is 5.69 Å². The molecule has 144 valence electrons. The highest BCUT2D eigenvalue weighted by molar-refractivity contribution is 6.54. The minimum atomic E-state index is -1.15. The number of carboxylic acids is 1. The predicted molar refractivity (Wildman–Crippen MR) is 104 cm³/mol. The van der Waals surface area contributed by atoms with Gasteiger partial charge in [-0.15, -0.1) is 0 Å².